The molecule has 2 N–H and O–H groups in total. The van der Waals surface area contributed by atoms with Crippen molar-refractivity contribution in [2.45, 2.75) is 39.3 Å². The molecule has 0 bridgehead atoms. The highest BCUT2D eigenvalue weighted by atomic mass is 16.2. The molecule has 2 atom stereocenters. The summed E-state index contributed by atoms with van der Waals surface area (Å²) in [5.41, 5.74) is 3.35. The number of hydrogen-bond donors (Lipinski definition) is 2. The molecule has 2 aromatic carbocycles. The van der Waals surface area contributed by atoms with E-state index in [-0.39, 0.29) is 18.0 Å². The summed E-state index contributed by atoms with van der Waals surface area (Å²) in [7, 11) is 0. The lowest BCUT2D eigenvalue weighted by Crippen LogP contribution is -2.38. The monoisotopic (exact) mass is 296 g/mol. The maximum absolute atomic E-state index is 12.3. The molecular formula is C19H24N2O. The van der Waals surface area contributed by atoms with Gasteiger partial charge >= 0.3 is 0 Å². The molecule has 0 aromatic heterocycles. The molecule has 2 aromatic rings. The highest BCUT2D eigenvalue weighted by Crippen LogP contribution is 2.14. The molecule has 0 radical (unpaired) electrons. The van der Waals surface area contributed by atoms with Crippen LogP contribution in [0.5, 0.6) is 0 Å². The number of benzene rings is 2. The molecule has 0 fully saturated rings. The van der Waals surface area contributed by atoms with Gasteiger partial charge in [-0.3, -0.25) is 4.79 Å². The van der Waals surface area contributed by atoms with Crippen molar-refractivity contribution in [3.8, 4) is 0 Å². The molecule has 0 aliphatic rings. The Morgan fingerprint density at radius 1 is 1.05 bits per heavy atom. The predicted octanol–water partition coefficient (Wildman–Crippen LogP) is 3.93. The number of amides is 1. The molecule has 3 heteroatoms. The summed E-state index contributed by atoms with van der Waals surface area (Å²) < 4.78 is 0. The van der Waals surface area contributed by atoms with Gasteiger partial charge in [0.25, 0.3) is 0 Å². The van der Waals surface area contributed by atoms with Gasteiger partial charge in [-0.15, -0.1) is 0 Å². The summed E-state index contributed by atoms with van der Waals surface area (Å²) in [6, 6.07) is 17.9. The van der Waals surface area contributed by atoms with E-state index in [2.05, 4.69) is 29.7 Å². The summed E-state index contributed by atoms with van der Waals surface area (Å²) in [6.07, 6.45) is 0.987. The van der Waals surface area contributed by atoms with Crippen LogP contribution in [0.15, 0.2) is 54.6 Å². The number of rotatable bonds is 6. The zero-order chi connectivity index (χ0) is 15.9. The van der Waals surface area contributed by atoms with Gasteiger partial charge in [0, 0.05) is 5.69 Å². The Bertz CT molecular complexity index is 610. The lowest BCUT2D eigenvalue weighted by Gasteiger charge is -2.19. The first kappa shape index (κ1) is 16.1. The normalized spacial score (nSPS) is 13.2. The van der Waals surface area contributed by atoms with Crippen molar-refractivity contribution in [3.05, 3.63) is 65.7 Å². The van der Waals surface area contributed by atoms with Crippen LogP contribution in [0.25, 0.3) is 0 Å². The molecular weight excluding hydrogens is 272 g/mol. The van der Waals surface area contributed by atoms with Crippen LogP contribution >= 0.6 is 0 Å². The maximum atomic E-state index is 12.3. The van der Waals surface area contributed by atoms with Gasteiger partial charge < -0.3 is 10.6 Å². The zero-order valence-electron chi connectivity index (χ0n) is 13.5. The predicted molar refractivity (Wildman–Crippen MR) is 91.9 cm³/mol. The van der Waals surface area contributed by atoms with E-state index in [4.69, 9.17) is 0 Å². The minimum absolute atomic E-state index is 0.0000684. The Morgan fingerprint density at radius 2 is 1.77 bits per heavy atom. The molecule has 0 heterocycles. The Morgan fingerprint density at radius 3 is 2.45 bits per heavy atom. The second-order valence-electron chi connectivity index (χ2n) is 5.56. The first-order valence-electron chi connectivity index (χ1n) is 7.81. The summed E-state index contributed by atoms with van der Waals surface area (Å²) in [6.45, 7) is 6.00. The lowest BCUT2D eigenvalue weighted by atomic mass is 10.1. The van der Waals surface area contributed by atoms with Crippen LogP contribution < -0.4 is 10.6 Å². The smallest absolute Gasteiger partial charge is 0.242 e. The molecule has 0 saturated heterocycles. The number of nitrogens with one attached hydrogen (secondary N) is 2. The zero-order valence-corrected chi connectivity index (χ0v) is 13.5. The van der Waals surface area contributed by atoms with E-state index in [0.29, 0.717) is 0 Å². The fourth-order valence-corrected chi connectivity index (χ4v) is 2.36. The van der Waals surface area contributed by atoms with E-state index in [0.717, 1.165) is 17.7 Å². The van der Waals surface area contributed by atoms with Crippen molar-refractivity contribution in [2.75, 3.05) is 5.32 Å². The minimum Gasteiger partial charge on any atom is -0.374 e. The maximum Gasteiger partial charge on any atom is 0.242 e. The first-order valence-corrected chi connectivity index (χ1v) is 7.81. The molecule has 0 spiro atoms. The molecule has 1 amide bonds. The van der Waals surface area contributed by atoms with Crippen LogP contribution in [0.3, 0.4) is 0 Å². The molecule has 116 valence electrons. The number of carbonyl (C=O) groups is 1. The Kier molecular flexibility index (Phi) is 5.59. The Hall–Kier alpha value is -2.29. The second kappa shape index (κ2) is 7.64. The largest absolute Gasteiger partial charge is 0.374 e. The number of carbonyl (C=O) groups excluding carboxylic acids is 1. The van der Waals surface area contributed by atoms with Crippen LogP contribution in [0, 0.1) is 0 Å². The van der Waals surface area contributed by atoms with Gasteiger partial charge in [0.05, 0.1) is 6.04 Å². The summed E-state index contributed by atoms with van der Waals surface area (Å²) >= 11 is 0. The van der Waals surface area contributed by atoms with Crippen molar-refractivity contribution in [2.24, 2.45) is 0 Å². The highest BCUT2D eigenvalue weighted by Gasteiger charge is 2.15. The van der Waals surface area contributed by atoms with Crippen molar-refractivity contribution < 1.29 is 4.79 Å². The van der Waals surface area contributed by atoms with Crippen LogP contribution in [0.2, 0.25) is 0 Å². The SMILES string of the molecule is CCc1cccc(N[C@@H](C)C(=O)N[C@@H](C)c2ccccc2)c1. The van der Waals surface area contributed by atoms with E-state index in [9.17, 15) is 4.79 Å². The highest BCUT2D eigenvalue weighted by molar-refractivity contribution is 5.84. The van der Waals surface area contributed by atoms with Crippen LogP contribution in [0.1, 0.15) is 37.9 Å². The third-order valence-corrected chi connectivity index (χ3v) is 3.77. The van der Waals surface area contributed by atoms with Gasteiger partial charge in [-0.1, -0.05) is 49.4 Å². The average molecular weight is 296 g/mol. The molecule has 22 heavy (non-hydrogen) atoms. The quantitative estimate of drug-likeness (QED) is 0.848. The summed E-state index contributed by atoms with van der Waals surface area (Å²) in [4.78, 5) is 12.3. The molecule has 0 saturated carbocycles. The number of anilines is 1. The summed E-state index contributed by atoms with van der Waals surface area (Å²) in [5, 5.41) is 6.30. The Balaban J connectivity index is 1.94. The molecule has 0 aliphatic heterocycles. The van der Waals surface area contributed by atoms with E-state index in [1.54, 1.807) is 0 Å². The summed E-state index contributed by atoms with van der Waals surface area (Å²) in [5.74, 6) is -0.00162. The van der Waals surface area contributed by atoms with Crippen molar-refractivity contribution in [3.63, 3.8) is 0 Å². The van der Waals surface area contributed by atoms with Gasteiger partial charge in [0.2, 0.25) is 5.91 Å². The van der Waals surface area contributed by atoms with Crippen LogP contribution in [-0.4, -0.2) is 11.9 Å². The first-order chi connectivity index (χ1) is 10.6. The van der Waals surface area contributed by atoms with Gasteiger partial charge in [-0.25, -0.2) is 0 Å². The van der Waals surface area contributed by atoms with E-state index in [1.807, 2.05) is 56.3 Å². The molecule has 2 rings (SSSR count). The standard InChI is InChI=1S/C19H24N2O/c1-4-16-9-8-12-18(13-16)20-15(3)19(22)21-14(2)17-10-6-5-7-11-17/h5-15,20H,4H2,1-3H3,(H,21,22)/t14-,15-/m0/s1. The molecule has 3 nitrogen and oxygen atoms in total. The molecule has 0 unspecified atom stereocenters. The van der Waals surface area contributed by atoms with Gasteiger partial charge in [-0.05, 0) is 43.5 Å². The number of hydrogen-bond acceptors (Lipinski definition) is 2. The van der Waals surface area contributed by atoms with Crippen molar-refractivity contribution in [1.29, 1.82) is 0 Å². The second-order valence-corrected chi connectivity index (χ2v) is 5.56. The fourth-order valence-electron chi connectivity index (χ4n) is 2.36. The van der Waals surface area contributed by atoms with E-state index >= 15 is 0 Å². The van der Waals surface area contributed by atoms with E-state index < -0.39 is 0 Å². The molecule has 0 aliphatic carbocycles. The fraction of sp³-hybridized carbons (Fsp3) is 0.316. The van der Waals surface area contributed by atoms with E-state index in [1.165, 1.54) is 5.56 Å². The average Bonchev–Trinajstić information content (AvgIpc) is 2.55. The topological polar surface area (TPSA) is 41.1 Å². The van der Waals surface area contributed by atoms with Gasteiger partial charge in [0.1, 0.15) is 6.04 Å². The van der Waals surface area contributed by atoms with Gasteiger partial charge in [-0.2, -0.15) is 0 Å². The van der Waals surface area contributed by atoms with Gasteiger partial charge in [0.15, 0.2) is 0 Å². The minimum atomic E-state index is -0.279. The number of aryl methyl sites for hydroxylation is 1. The lowest BCUT2D eigenvalue weighted by molar-refractivity contribution is -0.122. The van der Waals surface area contributed by atoms with Crippen molar-refractivity contribution in [1.82, 2.24) is 5.32 Å². The third kappa shape index (κ3) is 4.35. The van der Waals surface area contributed by atoms with Crippen LogP contribution in [0.4, 0.5) is 5.69 Å². The van der Waals surface area contributed by atoms with Crippen LogP contribution in [-0.2, 0) is 11.2 Å². The third-order valence-electron chi connectivity index (χ3n) is 3.77. The Labute approximate surface area is 132 Å². The van der Waals surface area contributed by atoms with Crippen molar-refractivity contribution >= 4 is 11.6 Å².